The molecule has 0 fully saturated rings. The Labute approximate surface area is 220 Å². The third-order valence-corrected chi connectivity index (χ3v) is 5.97. The first-order valence-corrected chi connectivity index (χ1v) is 12.0. The first-order chi connectivity index (χ1) is 15.3. The van der Waals surface area contributed by atoms with E-state index < -0.39 is 40.4 Å². The summed E-state index contributed by atoms with van der Waals surface area (Å²) in [5.74, 6) is -2.14. The number of rotatable bonds is 10. The van der Waals surface area contributed by atoms with Gasteiger partial charge in [0.25, 0.3) is 0 Å². The van der Waals surface area contributed by atoms with E-state index in [1.165, 1.54) is 43.5 Å². The van der Waals surface area contributed by atoms with Crippen molar-refractivity contribution in [1.29, 1.82) is 0 Å². The first-order valence-electron chi connectivity index (χ1n) is 10.2. The summed E-state index contributed by atoms with van der Waals surface area (Å²) in [6, 6.07) is 5.46. The Bertz CT molecular complexity index is 1130. The number of carboxylic acid groups (broad SMARTS) is 1. The Morgan fingerprint density at radius 1 is 1.21 bits per heavy atom. The van der Waals surface area contributed by atoms with Crippen LogP contribution in [0, 0.1) is 5.82 Å². The van der Waals surface area contributed by atoms with Crippen LogP contribution in [0.2, 0.25) is 0 Å². The number of sulfonamides is 1. The van der Waals surface area contributed by atoms with Gasteiger partial charge in [0.2, 0.25) is 16.0 Å². The van der Waals surface area contributed by atoms with Crippen molar-refractivity contribution < 1.29 is 62.5 Å². The molecule has 1 aromatic carbocycles. The molecule has 1 heterocycles. The summed E-state index contributed by atoms with van der Waals surface area (Å²) in [4.78, 5) is 19.4. The fourth-order valence-electron chi connectivity index (χ4n) is 3.04. The van der Waals surface area contributed by atoms with Crippen molar-refractivity contribution >= 4 is 28.0 Å². The van der Waals surface area contributed by atoms with Crippen LogP contribution in [0.5, 0.6) is 0 Å². The fourth-order valence-corrected chi connectivity index (χ4v) is 3.41. The average molecular weight is 504 g/mol. The molecule has 0 aliphatic rings. The standard InChI is InChI=1S/C22H28FN3O6S.Na/c1-13(2)20-18(10-9-16(27)11-17(28)12-19(29)30)21(14-5-7-15(23)8-6-14)25-22(24-20)26(3)33(4,31)32;/h5-10,13,16-17,27-28H,11-12H2,1-4H3,(H,29,30);/q;+1/p-1/t16-,17-;/m1./s1. The molecule has 0 radical (unpaired) electrons. The molecule has 0 amide bonds. The smallest absolute Gasteiger partial charge is 0.550 e. The summed E-state index contributed by atoms with van der Waals surface area (Å²) >= 11 is 0. The van der Waals surface area contributed by atoms with Crippen LogP contribution >= 0.6 is 0 Å². The van der Waals surface area contributed by atoms with Gasteiger partial charge in [-0.2, -0.15) is 0 Å². The molecule has 0 saturated heterocycles. The summed E-state index contributed by atoms with van der Waals surface area (Å²) in [6.07, 6.45) is 0.578. The number of nitrogens with zero attached hydrogens (tertiary/aromatic N) is 3. The van der Waals surface area contributed by atoms with Crippen molar-refractivity contribution in [3.8, 4) is 11.3 Å². The minimum absolute atomic E-state index is 0. The van der Waals surface area contributed by atoms with Gasteiger partial charge in [0.15, 0.2) is 0 Å². The van der Waals surface area contributed by atoms with Gasteiger partial charge in [-0.3, -0.25) is 0 Å². The SMILES string of the molecule is CC(C)c1nc(N(C)S(C)(=O)=O)nc(-c2ccc(F)cc2)c1C=C[C@@H](O)C[C@@H](O)CC(=O)[O-].[Na+]. The molecular formula is C22H27FN3NaO6S. The van der Waals surface area contributed by atoms with E-state index in [2.05, 4.69) is 9.97 Å². The molecule has 0 bridgehead atoms. The summed E-state index contributed by atoms with van der Waals surface area (Å²) < 4.78 is 38.6. The van der Waals surface area contributed by atoms with Gasteiger partial charge in [-0.1, -0.05) is 26.0 Å². The maximum atomic E-state index is 13.5. The van der Waals surface area contributed by atoms with E-state index in [0.717, 1.165) is 10.6 Å². The minimum Gasteiger partial charge on any atom is -0.550 e. The number of carboxylic acids is 1. The summed E-state index contributed by atoms with van der Waals surface area (Å²) in [5.41, 5.74) is 1.76. The molecule has 9 nitrogen and oxygen atoms in total. The maximum absolute atomic E-state index is 13.5. The largest absolute Gasteiger partial charge is 1.00 e. The molecule has 1 aromatic heterocycles. The average Bonchev–Trinajstić information content (AvgIpc) is 2.70. The number of aliphatic hydroxyl groups is 2. The third kappa shape index (κ3) is 8.40. The van der Waals surface area contributed by atoms with E-state index in [9.17, 15) is 32.9 Å². The monoisotopic (exact) mass is 503 g/mol. The third-order valence-electron chi connectivity index (χ3n) is 4.81. The van der Waals surface area contributed by atoms with Gasteiger partial charge in [0, 0.05) is 37.0 Å². The summed E-state index contributed by atoms with van der Waals surface area (Å²) in [6.45, 7) is 3.69. The molecule has 2 aromatic rings. The van der Waals surface area contributed by atoms with Crippen LogP contribution in [-0.4, -0.2) is 60.1 Å². The Kier molecular flexibility index (Phi) is 11.3. The van der Waals surface area contributed by atoms with Crippen molar-refractivity contribution in [2.45, 2.75) is 44.8 Å². The first kappa shape index (κ1) is 30.1. The van der Waals surface area contributed by atoms with Crippen LogP contribution in [0.4, 0.5) is 10.3 Å². The normalized spacial score (nSPS) is 13.5. The summed E-state index contributed by atoms with van der Waals surface area (Å²) in [7, 11) is -2.34. The number of carbonyl (C=O) groups is 1. The van der Waals surface area contributed by atoms with E-state index in [-0.39, 0.29) is 47.8 Å². The number of hydrogen-bond donors (Lipinski definition) is 2. The van der Waals surface area contributed by atoms with Gasteiger partial charge < -0.3 is 20.1 Å². The van der Waals surface area contributed by atoms with Gasteiger partial charge in [0.05, 0.1) is 29.9 Å². The van der Waals surface area contributed by atoms with Crippen molar-refractivity contribution in [3.63, 3.8) is 0 Å². The number of aliphatic carboxylic acids is 1. The zero-order chi connectivity index (χ0) is 24.9. The molecule has 2 atom stereocenters. The number of hydrogen-bond acceptors (Lipinski definition) is 8. The van der Waals surface area contributed by atoms with E-state index in [1.54, 1.807) is 0 Å². The van der Waals surface area contributed by atoms with E-state index in [1.807, 2.05) is 13.8 Å². The Balaban J connectivity index is 0.00000578. The number of halogens is 1. The number of aromatic nitrogens is 2. The van der Waals surface area contributed by atoms with Crippen molar-refractivity contribution in [1.82, 2.24) is 9.97 Å². The van der Waals surface area contributed by atoms with Crippen LogP contribution in [0.1, 0.15) is 43.9 Å². The molecule has 34 heavy (non-hydrogen) atoms. The molecule has 12 heteroatoms. The Hall–Kier alpha value is -1.89. The second-order valence-electron chi connectivity index (χ2n) is 7.96. The Morgan fingerprint density at radius 3 is 2.29 bits per heavy atom. The van der Waals surface area contributed by atoms with E-state index >= 15 is 0 Å². The topological polar surface area (TPSA) is 144 Å². The zero-order valence-corrected chi connectivity index (χ0v) is 22.6. The Morgan fingerprint density at radius 2 is 1.79 bits per heavy atom. The van der Waals surface area contributed by atoms with Gasteiger partial charge in [-0.15, -0.1) is 0 Å². The predicted octanol–water partition coefficient (Wildman–Crippen LogP) is -1.93. The predicted molar refractivity (Wildman–Crippen MR) is 120 cm³/mol. The van der Waals surface area contributed by atoms with Crippen LogP contribution in [0.25, 0.3) is 17.3 Å². The van der Waals surface area contributed by atoms with Crippen LogP contribution in [0.15, 0.2) is 30.3 Å². The van der Waals surface area contributed by atoms with Gasteiger partial charge in [-0.25, -0.2) is 27.1 Å². The van der Waals surface area contributed by atoms with Crippen molar-refractivity contribution in [2.75, 3.05) is 17.6 Å². The molecule has 0 unspecified atom stereocenters. The summed E-state index contributed by atoms with van der Waals surface area (Å²) in [5, 5.41) is 30.6. The second-order valence-corrected chi connectivity index (χ2v) is 9.97. The minimum atomic E-state index is -3.66. The number of aliphatic hydroxyl groups excluding tert-OH is 2. The van der Waals surface area contributed by atoms with Gasteiger partial charge in [-0.05, 0) is 30.2 Å². The molecule has 0 aliphatic heterocycles. The van der Waals surface area contributed by atoms with Crippen molar-refractivity contribution in [3.05, 3.63) is 47.4 Å². The zero-order valence-electron chi connectivity index (χ0n) is 19.8. The fraction of sp³-hybridized carbons (Fsp3) is 0.409. The van der Waals surface area contributed by atoms with Gasteiger partial charge in [0.1, 0.15) is 5.82 Å². The molecule has 180 valence electrons. The number of benzene rings is 1. The van der Waals surface area contributed by atoms with Crippen molar-refractivity contribution in [2.24, 2.45) is 0 Å². The second kappa shape index (κ2) is 12.7. The van der Waals surface area contributed by atoms with E-state index in [4.69, 9.17) is 0 Å². The molecule has 2 N–H and O–H groups in total. The number of anilines is 1. The molecular weight excluding hydrogens is 476 g/mol. The van der Waals surface area contributed by atoms with Crippen LogP contribution in [-0.2, 0) is 14.8 Å². The number of carbonyl (C=O) groups excluding carboxylic acids is 1. The molecule has 2 rings (SSSR count). The molecule has 0 saturated carbocycles. The van der Waals surface area contributed by atoms with Gasteiger partial charge >= 0.3 is 29.6 Å². The van der Waals surface area contributed by atoms with E-state index in [0.29, 0.717) is 22.5 Å². The maximum Gasteiger partial charge on any atom is 1.00 e. The van der Waals surface area contributed by atoms with Crippen LogP contribution < -0.4 is 39.0 Å². The van der Waals surface area contributed by atoms with Crippen LogP contribution in [0.3, 0.4) is 0 Å². The quantitative estimate of drug-likeness (QED) is 0.357. The molecule has 0 aliphatic carbocycles. The molecule has 0 spiro atoms.